The van der Waals surface area contributed by atoms with Crippen molar-refractivity contribution in [3.05, 3.63) is 28.8 Å². The molecule has 1 aromatic rings. The first kappa shape index (κ1) is 16.6. The molecule has 0 aromatic heterocycles. The van der Waals surface area contributed by atoms with Crippen molar-refractivity contribution in [2.45, 2.75) is 31.8 Å². The van der Waals surface area contributed by atoms with Gasteiger partial charge in [0.05, 0.1) is 4.90 Å². The van der Waals surface area contributed by atoms with Crippen molar-refractivity contribution in [3.8, 4) is 0 Å². The fourth-order valence-electron chi connectivity index (χ4n) is 2.12. The van der Waals surface area contributed by atoms with E-state index in [2.05, 4.69) is 4.72 Å². The topological polar surface area (TPSA) is 92.7 Å². The van der Waals surface area contributed by atoms with E-state index in [1.807, 2.05) is 6.92 Å². The van der Waals surface area contributed by atoms with Gasteiger partial charge in [-0.15, -0.1) is 0 Å². The summed E-state index contributed by atoms with van der Waals surface area (Å²) in [5, 5.41) is 8.83. The molecule has 0 aliphatic heterocycles. The van der Waals surface area contributed by atoms with Crippen molar-refractivity contribution in [3.63, 3.8) is 0 Å². The van der Waals surface area contributed by atoms with Crippen LogP contribution in [0.5, 0.6) is 0 Å². The zero-order chi connectivity index (χ0) is 15.5. The number of methoxy groups -OCH3 is 1. The van der Waals surface area contributed by atoms with E-state index in [9.17, 15) is 13.2 Å². The molecule has 0 spiro atoms. The zero-order valence-corrected chi connectivity index (χ0v) is 12.7. The first-order valence-corrected chi connectivity index (χ1v) is 7.50. The third-order valence-corrected chi connectivity index (χ3v) is 4.62. The van der Waals surface area contributed by atoms with Gasteiger partial charge in [-0.25, -0.2) is 17.9 Å². The number of carbonyl (C=O) groups is 1. The van der Waals surface area contributed by atoms with Gasteiger partial charge >= 0.3 is 5.97 Å². The average molecular weight is 301 g/mol. The number of sulfonamides is 1. The molecule has 6 nitrogen and oxygen atoms in total. The first-order valence-electron chi connectivity index (χ1n) is 6.02. The normalized spacial score (nSPS) is 13.2. The van der Waals surface area contributed by atoms with Crippen molar-refractivity contribution < 1.29 is 23.1 Å². The highest BCUT2D eigenvalue weighted by Gasteiger charge is 2.23. The Balaban J connectivity index is 3.04. The van der Waals surface area contributed by atoms with Crippen LogP contribution in [-0.2, 0) is 19.6 Å². The van der Waals surface area contributed by atoms with Gasteiger partial charge in [-0.05, 0) is 31.9 Å². The van der Waals surface area contributed by atoms with Gasteiger partial charge in [-0.3, -0.25) is 0 Å². The van der Waals surface area contributed by atoms with Gasteiger partial charge in [-0.1, -0.05) is 17.7 Å². The summed E-state index contributed by atoms with van der Waals surface area (Å²) in [6.07, 6.45) is -1.21. The number of benzene rings is 1. The fourth-order valence-corrected chi connectivity index (χ4v) is 3.60. The number of hydrogen-bond acceptors (Lipinski definition) is 4. The van der Waals surface area contributed by atoms with Gasteiger partial charge in [0.15, 0.2) is 6.10 Å². The highest BCUT2D eigenvalue weighted by molar-refractivity contribution is 7.89. The number of aliphatic carboxylic acids is 1. The molecule has 0 aliphatic rings. The van der Waals surface area contributed by atoms with Gasteiger partial charge in [0.25, 0.3) is 0 Å². The Labute approximate surface area is 118 Å². The Kier molecular flexibility index (Phi) is 5.27. The molecular weight excluding hydrogens is 282 g/mol. The van der Waals surface area contributed by atoms with Crippen LogP contribution in [0.15, 0.2) is 17.0 Å². The molecule has 0 saturated heterocycles. The minimum atomic E-state index is -3.77. The fraction of sp³-hybridized carbons (Fsp3) is 0.462. The maximum absolute atomic E-state index is 12.3. The molecule has 2 N–H and O–H groups in total. The summed E-state index contributed by atoms with van der Waals surface area (Å²) in [6, 6.07) is 3.54. The molecule has 1 unspecified atom stereocenters. The van der Waals surface area contributed by atoms with Crippen LogP contribution in [0.25, 0.3) is 0 Å². The van der Waals surface area contributed by atoms with E-state index in [-0.39, 0.29) is 11.4 Å². The zero-order valence-electron chi connectivity index (χ0n) is 11.9. The van der Waals surface area contributed by atoms with Crippen LogP contribution in [0.1, 0.15) is 16.7 Å². The molecule has 0 heterocycles. The predicted octanol–water partition coefficient (Wildman–Crippen LogP) is 0.990. The summed E-state index contributed by atoms with van der Waals surface area (Å²) in [4.78, 5) is 11.0. The number of aryl methyl sites for hydroxylation is 3. The van der Waals surface area contributed by atoms with Crippen molar-refractivity contribution in [1.82, 2.24) is 4.72 Å². The summed E-state index contributed by atoms with van der Waals surface area (Å²) < 4.78 is 31.5. The molecule has 0 aliphatic carbocycles. The van der Waals surface area contributed by atoms with E-state index in [1.54, 1.807) is 26.0 Å². The molecule has 1 atom stereocenters. The van der Waals surface area contributed by atoms with Gasteiger partial charge in [0.2, 0.25) is 10.0 Å². The van der Waals surface area contributed by atoms with Gasteiger partial charge in [0, 0.05) is 13.7 Å². The molecule has 7 heteroatoms. The Morgan fingerprint density at radius 2 is 1.80 bits per heavy atom. The highest BCUT2D eigenvalue weighted by Crippen LogP contribution is 2.21. The van der Waals surface area contributed by atoms with Crippen molar-refractivity contribution in [2.75, 3.05) is 13.7 Å². The summed E-state index contributed by atoms with van der Waals surface area (Å²) >= 11 is 0. The quantitative estimate of drug-likeness (QED) is 0.817. The number of ether oxygens (including phenoxy) is 1. The van der Waals surface area contributed by atoms with Crippen molar-refractivity contribution in [1.29, 1.82) is 0 Å². The second-order valence-corrected chi connectivity index (χ2v) is 6.35. The largest absolute Gasteiger partial charge is 0.479 e. The number of nitrogens with one attached hydrogen (secondary N) is 1. The molecule has 0 amide bonds. The SMILES string of the molecule is COC(CNS(=O)(=O)c1c(C)cc(C)cc1C)C(=O)O. The van der Waals surface area contributed by atoms with E-state index in [4.69, 9.17) is 9.84 Å². The standard InChI is InChI=1S/C13H19NO5S/c1-8-5-9(2)12(10(3)6-8)20(17,18)14-7-11(19-4)13(15)16/h5-6,11,14H,7H2,1-4H3,(H,15,16). The van der Waals surface area contributed by atoms with E-state index in [1.165, 1.54) is 7.11 Å². The number of hydrogen-bond donors (Lipinski definition) is 2. The maximum atomic E-state index is 12.3. The third-order valence-electron chi connectivity index (χ3n) is 2.89. The van der Waals surface area contributed by atoms with Crippen molar-refractivity contribution >= 4 is 16.0 Å². The lowest BCUT2D eigenvalue weighted by Gasteiger charge is -2.15. The summed E-state index contributed by atoms with van der Waals surface area (Å²) in [7, 11) is -2.55. The van der Waals surface area contributed by atoms with Crippen LogP contribution in [0.4, 0.5) is 0 Å². The Hall–Kier alpha value is -1.44. The highest BCUT2D eigenvalue weighted by atomic mass is 32.2. The Morgan fingerprint density at radius 1 is 1.30 bits per heavy atom. The second-order valence-electron chi connectivity index (χ2n) is 4.64. The molecule has 1 rings (SSSR count). The second kappa shape index (κ2) is 6.34. The van der Waals surface area contributed by atoms with Crippen molar-refractivity contribution in [2.24, 2.45) is 0 Å². The molecule has 1 aromatic carbocycles. The first-order chi connectivity index (χ1) is 9.19. The third kappa shape index (κ3) is 3.78. The minimum absolute atomic E-state index is 0.184. The summed E-state index contributed by atoms with van der Waals surface area (Å²) in [5.41, 5.74) is 2.22. The molecule has 0 saturated carbocycles. The van der Waals surface area contributed by atoms with Gasteiger partial charge in [-0.2, -0.15) is 0 Å². The summed E-state index contributed by atoms with van der Waals surface area (Å²) in [5.74, 6) is -1.22. The molecule has 20 heavy (non-hydrogen) atoms. The van der Waals surface area contributed by atoms with Crippen LogP contribution in [0, 0.1) is 20.8 Å². The molecule has 0 fully saturated rings. The van der Waals surface area contributed by atoms with Crippen LogP contribution >= 0.6 is 0 Å². The lowest BCUT2D eigenvalue weighted by Crippen LogP contribution is -2.38. The van der Waals surface area contributed by atoms with E-state index in [0.717, 1.165) is 5.56 Å². The number of rotatable bonds is 6. The lowest BCUT2D eigenvalue weighted by atomic mass is 10.1. The number of carboxylic acids is 1. The smallest absolute Gasteiger partial charge is 0.334 e. The van der Waals surface area contributed by atoms with Crippen LogP contribution in [-0.4, -0.2) is 39.3 Å². The Morgan fingerprint density at radius 3 is 2.20 bits per heavy atom. The van der Waals surface area contributed by atoms with E-state index < -0.39 is 22.1 Å². The molecule has 0 bridgehead atoms. The van der Waals surface area contributed by atoms with Gasteiger partial charge < -0.3 is 9.84 Å². The van der Waals surface area contributed by atoms with E-state index >= 15 is 0 Å². The van der Waals surface area contributed by atoms with Crippen LogP contribution < -0.4 is 4.72 Å². The molecule has 112 valence electrons. The minimum Gasteiger partial charge on any atom is -0.479 e. The molecule has 0 radical (unpaired) electrons. The molecular formula is C13H19NO5S. The van der Waals surface area contributed by atoms with Crippen LogP contribution in [0.3, 0.4) is 0 Å². The average Bonchev–Trinajstić information content (AvgIpc) is 2.26. The van der Waals surface area contributed by atoms with Gasteiger partial charge in [0.1, 0.15) is 0 Å². The maximum Gasteiger partial charge on any atom is 0.334 e. The lowest BCUT2D eigenvalue weighted by molar-refractivity contribution is -0.147. The predicted molar refractivity (Wildman–Crippen MR) is 74.3 cm³/mol. The monoisotopic (exact) mass is 301 g/mol. The van der Waals surface area contributed by atoms with Crippen LogP contribution in [0.2, 0.25) is 0 Å². The summed E-state index contributed by atoms with van der Waals surface area (Å²) in [6.45, 7) is 4.98. The number of carboxylic acid groups (broad SMARTS) is 1. The van der Waals surface area contributed by atoms with E-state index in [0.29, 0.717) is 11.1 Å². The Bertz CT molecular complexity index is 586.